The molecule has 4 amide bonds. The number of carbonyl (C=O) groups is 3. The van der Waals surface area contributed by atoms with Crippen LogP contribution in [0.25, 0.3) is 0 Å². The smallest absolute Gasteiger partial charge is 0.325 e. The molecule has 2 heterocycles. The second kappa shape index (κ2) is 8.96. The summed E-state index contributed by atoms with van der Waals surface area (Å²) in [6.07, 6.45) is 8.04. The number of carbonyl (C=O) groups excluding carboxylic acids is 3. The molecular formula is C24H32N4O5S. The third-order valence-electron chi connectivity index (χ3n) is 7.80. The average Bonchev–Trinajstić information content (AvgIpc) is 3.29. The van der Waals surface area contributed by atoms with Crippen molar-refractivity contribution in [3.63, 3.8) is 0 Å². The summed E-state index contributed by atoms with van der Waals surface area (Å²) in [6.45, 7) is 0.546. The maximum absolute atomic E-state index is 13.1. The highest BCUT2D eigenvalue weighted by atomic mass is 32.2. The fraction of sp³-hybridized carbons (Fsp3) is 0.625. The van der Waals surface area contributed by atoms with Crippen LogP contribution in [0.3, 0.4) is 0 Å². The lowest BCUT2D eigenvalue weighted by Crippen LogP contribution is -2.53. The van der Waals surface area contributed by atoms with Crippen molar-refractivity contribution in [2.24, 2.45) is 0 Å². The van der Waals surface area contributed by atoms with Gasteiger partial charge in [0.2, 0.25) is 15.9 Å². The molecule has 0 bridgehead atoms. The van der Waals surface area contributed by atoms with E-state index < -0.39 is 21.6 Å². The molecule has 5 rings (SSSR count). The van der Waals surface area contributed by atoms with Gasteiger partial charge in [0.15, 0.2) is 0 Å². The Morgan fingerprint density at radius 3 is 2.29 bits per heavy atom. The van der Waals surface area contributed by atoms with Gasteiger partial charge in [-0.25, -0.2) is 13.2 Å². The van der Waals surface area contributed by atoms with Crippen LogP contribution in [0.1, 0.15) is 56.1 Å². The van der Waals surface area contributed by atoms with Gasteiger partial charge in [0, 0.05) is 26.2 Å². The predicted octanol–water partition coefficient (Wildman–Crippen LogP) is 1.65. The standard InChI is InChI=1S/C24H32N4O5S/c29-21(17-28-22(30)24(25-23(28)31)10-3-1-2-4-11-24)26-12-14-27(15-13-26)34(32,33)20-9-8-18-6-5-7-19(18)16-20/h8-9,16H,1-7,10-15,17H2,(H,25,31). The lowest BCUT2D eigenvalue weighted by atomic mass is 9.90. The van der Waals surface area contributed by atoms with Crippen LogP contribution in [0.2, 0.25) is 0 Å². The largest absolute Gasteiger partial charge is 0.338 e. The van der Waals surface area contributed by atoms with Gasteiger partial charge in [0.25, 0.3) is 5.91 Å². The molecule has 1 aromatic rings. The summed E-state index contributed by atoms with van der Waals surface area (Å²) in [4.78, 5) is 41.4. The lowest BCUT2D eigenvalue weighted by molar-refractivity contribution is -0.139. The molecule has 1 aromatic carbocycles. The Labute approximate surface area is 200 Å². The highest BCUT2D eigenvalue weighted by molar-refractivity contribution is 7.89. The zero-order valence-electron chi connectivity index (χ0n) is 19.4. The van der Waals surface area contributed by atoms with E-state index in [0.29, 0.717) is 17.7 Å². The van der Waals surface area contributed by atoms with Gasteiger partial charge < -0.3 is 10.2 Å². The molecule has 184 valence electrons. The zero-order chi connectivity index (χ0) is 23.9. The van der Waals surface area contributed by atoms with Crippen LogP contribution in [0.4, 0.5) is 4.79 Å². The van der Waals surface area contributed by atoms with Crippen molar-refractivity contribution in [1.29, 1.82) is 0 Å². The Bertz CT molecular complexity index is 1100. The highest BCUT2D eigenvalue weighted by Crippen LogP contribution is 2.33. The van der Waals surface area contributed by atoms with E-state index in [9.17, 15) is 22.8 Å². The van der Waals surface area contributed by atoms with Gasteiger partial charge in [-0.1, -0.05) is 31.7 Å². The molecule has 10 heteroatoms. The second-order valence-electron chi connectivity index (χ2n) is 9.89. The van der Waals surface area contributed by atoms with Crippen molar-refractivity contribution in [3.05, 3.63) is 29.3 Å². The molecule has 34 heavy (non-hydrogen) atoms. The van der Waals surface area contributed by atoms with Crippen molar-refractivity contribution in [1.82, 2.24) is 19.4 Å². The summed E-state index contributed by atoms with van der Waals surface area (Å²) >= 11 is 0. The number of aryl methyl sites for hydroxylation is 2. The zero-order valence-corrected chi connectivity index (χ0v) is 20.2. The molecule has 2 aliphatic heterocycles. The molecule has 3 fully saturated rings. The van der Waals surface area contributed by atoms with Crippen molar-refractivity contribution in [2.75, 3.05) is 32.7 Å². The Balaban J connectivity index is 1.20. The number of hydrogen-bond donors (Lipinski definition) is 1. The monoisotopic (exact) mass is 488 g/mol. The van der Waals surface area contributed by atoms with E-state index in [2.05, 4.69) is 5.32 Å². The van der Waals surface area contributed by atoms with Gasteiger partial charge in [0.05, 0.1) is 4.90 Å². The van der Waals surface area contributed by atoms with E-state index in [4.69, 9.17) is 0 Å². The third kappa shape index (κ3) is 4.11. The number of nitrogens with one attached hydrogen (secondary N) is 1. The van der Waals surface area contributed by atoms with E-state index in [1.165, 1.54) is 9.87 Å². The highest BCUT2D eigenvalue weighted by Gasteiger charge is 2.51. The number of fused-ring (bicyclic) bond motifs is 1. The van der Waals surface area contributed by atoms with Gasteiger partial charge >= 0.3 is 6.03 Å². The van der Waals surface area contributed by atoms with E-state index in [1.54, 1.807) is 17.0 Å². The van der Waals surface area contributed by atoms with Crippen LogP contribution in [-0.4, -0.2) is 78.6 Å². The predicted molar refractivity (Wildman–Crippen MR) is 124 cm³/mol. The fourth-order valence-electron chi connectivity index (χ4n) is 5.76. The molecule has 0 unspecified atom stereocenters. The Morgan fingerprint density at radius 2 is 1.59 bits per heavy atom. The lowest BCUT2D eigenvalue weighted by Gasteiger charge is -2.34. The molecule has 2 aliphatic carbocycles. The van der Waals surface area contributed by atoms with Crippen LogP contribution in [0.15, 0.2) is 23.1 Å². The molecule has 4 aliphatic rings. The first kappa shape index (κ1) is 23.3. The summed E-state index contributed by atoms with van der Waals surface area (Å²) in [5.41, 5.74) is 1.46. The molecule has 0 atom stereocenters. The van der Waals surface area contributed by atoms with Gasteiger partial charge in [0.1, 0.15) is 12.1 Å². The number of piperazine rings is 1. The van der Waals surface area contributed by atoms with Crippen LogP contribution < -0.4 is 5.32 Å². The molecule has 1 N–H and O–H groups in total. The first-order valence-corrected chi connectivity index (χ1v) is 13.8. The normalized spacial score (nSPS) is 23.2. The van der Waals surface area contributed by atoms with E-state index >= 15 is 0 Å². The van der Waals surface area contributed by atoms with E-state index in [1.807, 2.05) is 6.07 Å². The maximum atomic E-state index is 13.1. The van der Waals surface area contributed by atoms with Crippen molar-refractivity contribution in [2.45, 2.75) is 68.2 Å². The topological polar surface area (TPSA) is 107 Å². The quantitative estimate of drug-likeness (QED) is 0.649. The molecule has 1 saturated carbocycles. The molecule has 0 aromatic heterocycles. The summed E-state index contributed by atoms with van der Waals surface area (Å²) < 4.78 is 27.7. The Hall–Kier alpha value is -2.46. The second-order valence-corrected chi connectivity index (χ2v) is 11.8. The summed E-state index contributed by atoms with van der Waals surface area (Å²) in [6, 6.07) is 4.88. The number of nitrogens with zero attached hydrogens (tertiary/aromatic N) is 3. The van der Waals surface area contributed by atoms with Crippen molar-refractivity contribution < 1.29 is 22.8 Å². The number of urea groups is 1. The first-order valence-electron chi connectivity index (χ1n) is 12.3. The molecular weight excluding hydrogens is 456 g/mol. The minimum Gasteiger partial charge on any atom is -0.338 e. The number of rotatable bonds is 4. The van der Waals surface area contributed by atoms with Gasteiger partial charge in [-0.3, -0.25) is 14.5 Å². The Morgan fingerprint density at radius 1 is 0.912 bits per heavy atom. The van der Waals surface area contributed by atoms with Crippen LogP contribution in [0.5, 0.6) is 0 Å². The molecule has 2 saturated heterocycles. The number of imide groups is 1. The Kier molecular flexibility index (Phi) is 6.14. The maximum Gasteiger partial charge on any atom is 0.325 e. The minimum absolute atomic E-state index is 0.190. The van der Waals surface area contributed by atoms with Crippen molar-refractivity contribution in [3.8, 4) is 0 Å². The molecule has 9 nitrogen and oxygen atoms in total. The minimum atomic E-state index is -3.63. The van der Waals surface area contributed by atoms with Gasteiger partial charge in [-0.2, -0.15) is 4.31 Å². The first-order chi connectivity index (χ1) is 16.3. The number of hydrogen-bond acceptors (Lipinski definition) is 5. The number of sulfonamides is 1. The van der Waals surface area contributed by atoms with Crippen LogP contribution >= 0.6 is 0 Å². The molecule has 1 spiro atoms. The van der Waals surface area contributed by atoms with E-state index in [-0.39, 0.29) is 44.5 Å². The van der Waals surface area contributed by atoms with Crippen LogP contribution in [0, 0.1) is 0 Å². The summed E-state index contributed by atoms with van der Waals surface area (Å²) in [5.74, 6) is -0.630. The van der Waals surface area contributed by atoms with Gasteiger partial charge in [-0.15, -0.1) is 0 Å². The summed E-state index contributed by atoms with van der Waals surface area (Å²) in [5, 5.41) is 2.86. The number of benzene rings is 1. The third-order valence-corrected chi connectivity index (χ3v) is 9.69. The fourth-order valence-corrected chi connectivity index (χ4v) is 7.23. The van der Waals surface area contributed by atoms with Crippen LogP contribution in [-0.2, 0) is 32.5 Å². The van der Waals surface area contributed by atoms with Gasteiger partial charge in [-0.05, 0) is 55.4 Å². The van der Waals surface area contributed by atoms with Crippen molar-refractivity contribution >= 4 is 27.9 Å². The summed E-state index contributed by atoms with van der Waals surface area (Å²) in [7, 11) is -3.63. The van der Waals surface area contributed by atoms with E-state index in [0.717, 1.165) is 55.4 Å². The number of amides is 4. The average molecular weight is 489 g/mol. The SMILES string of the molecule is O=C(CN1C(=O)NC2(CCCCCC2)C1=O)N1CCN(S(=O)(=O)c2ccc3c(c2)CCC3)CC1. The molecule has 0 radical (unpaired) electrons.